The number of carboxylic acid groups (broad SMARTS) is 1. The molecule has 164 valence electrons. The fourth-order valence-corrected chi connectivity index (χ4v) is 5.28. The van der Waals surface area contributed by atoms with Gasteiger partial charge in [0.25, 0.3) is 12.4 Å². The van der Waals surface area contributed by atoms with Gasteiger partial charge in [-0.1, -0.05) is 32.0 Å². The predicted octanol–water partition coefficient (Wildman–Crippen LogP) is 2.48. The highest BCUT2D eigenvalue weighted by atomic mass is 16.5. The van der Waals surface area contributed by atoms with Gasteiger partial charge in [0, 0.05) is 36.9 Å². The number of nitrogens with zero attached hydrogens (tertiary/aromatic N) is 1. The standard InChI is InChI=1S/C22H30N2O3.CH2O2/c1-14(2)10-20(25)23-11-17-18-12-24(13-22(18)9-8-19(17)27-22)21(26)16-7-5-4-6-15(16)3;2-1-3/h4-7,14,17-19H,8-13H2,1-3H3,(H,23,25);1H,(H,2,3)/t17-,18+,19+,22+;/m0./s1. The van der Waals surface area contributed by atoms with Gasteiger partial charge in [0.05, 0.1) is 18.2 Å². The molecule has 1 aromatic carbocycles. The van der Waals surface area contributed by atoms with Gasteiger partial charge >= 0.3 is 0 Å². The molecule has 30 heavy (non-hydrogen) atoms. The number of carbonyl (C=O) groups excluding carboxylic acids is 2. The van der Waals surface area contributed by atoms with Crippen LogP contribution in [0.3, 0.4) is 0 Å². The number of benzene rings is 1. The van der Waals surface area contributed by atoms with Gasteiger partial charge in [-0.15, -0.1) is 0 Å². The lowest BCUT2D eigenvalue weighted by molar-refractivity contribution is -0.123. The van der Waals surface area contributed by atoms with E-state index in [2.05, 4.69) is 19.2 Å². The molecule has 1 spiro atoms. The summed E-state index contributed by atoms with van der Waals surface area (Å²) >= 11 is 0. The SMILES string of the molecule is Cc1ccccc1C(=O)N1C[C@@H]2[C@H](CNC(=O)CC(C)C)[C@H]3CC[C@]2(C1)O3.O=CO. The van der Waals surface area contributed by atoms with E-state index in [9.17, 15) is 9.59 Å². The van der Waals surface area contributed by atoms with Crippen LogP contribution in [0.4, 0.5) is 0 Å². The van der Waals surface area contributed by atoms with Crippen molar-refractivity contribution in [3.8, 4) is 0 Å². The number of fused-ring (bicyclic) bond motifs is 1. The third-order valence-electron chi connectivity index (χ3n) is 6.58. The van der Waals surface area contributed by atoms with Gasteiger partial charge in [-0.25, -0.2) is 0 Å². The largest absolute Gasteiger partial charge is 0.483 e. The fourth-order valence-electron chi connectivity index (χ4n) is 5.28. The summed E-state index contributed by atoms with van der Waals surface area (Å²) in [6.45, 7) is 7.92. The van der Waals surface area contributed by atoms with Crippen LogP contribution in [-0.2, 0) is 14.3 Å². The number of ether oxygens (including phenoxy) is 1. The maximum absolute atomic E-state index is 13.1. The third kappa shape index (κ3) is 4.36. The summed E-state index contributed by atoms with van der Waals surface area (Å²) in [6, 6.07) is 7.78. The highest BCUT2D eigenvalue weighted by Crippen LogP contribution is 2.54. The van der Waals surface area contributed by atoms with Gasteiger partial charge in [-0.3, -0.25) is 14.4 Å². The van der Waals surface area contributed by atoms with Gasteiger partial charge in [0.15, 0.2) is 0 Å². The molecular formula is C23H32N2O5. The van der Waals surface area contributed by atoms with Gasteiger partial charge in [-0.05, 0) is 37.3 Å². The minimum Gasteiger partial charge on any atom is -0.483 e. The van der Waals surface area contributed by atoms with Gasteiger partial charge in [-0.2, -0.15) is 0 Å². The van der Waals surface area contributed by atoms with Gasteiger partial charge in [0.2, 0.25) is 5.91 Å². The zero-order valence-corrected chi connectivity index (χ0v) is 18.0. The van der Waals surface area contributed by atoms with E-state index in [1.807, 2.05) is 36.1 Å². The van der Waals surface area contributed by atoms with Crippen LogP contribution in [0.1, 0.15) is 49.0 Å². The van der Waals surface area contributed by atoms with Crippen molar-refractivity contribution in [3.63, 3.8) is 0 Å². The van der Waals surface area contributed by atoms with Crippen molar-refractivity contribution in [2.24, 2.45) is 17.8 Å². The minimum atomic E-state index is -0.250. The summed E-state index contributed by atoms with van der Waals surface area (Å²) in [5.41, 5.74) is 1.60. The number of nitrogens with one attached hydrogen (secondary N) is 1. The summed E-state index contributed by atoms with van der Waals surface area (Å²) in [5.74, 6) is 1.22. The van der Waals surface area contributed by atoms with Crippen LogP contribution in [-0.4, -0.2) is 59.6 Å². The van der Waals surface area contributed by atoms with Crippen LogP contribution in [0.2, 0.25) is 0 Å². The first kappa shape index (κ1) is 22.3. The van der Waals surface area contributed by atoms with Crippen LogP contribution in [0.5, 0.6) is 0 Å². The van der Waals surface area contributed by atoms with Crippen molar-refractivity contribution in [2.45, 2.75) is 51.7 Å². The van der Waals surface area contributed by atoms with Crippen LogP contribution in [0.15, 0.2) is 24.3 Å². The van der Waals surface area contributed by atoms with E-state index in [4.69, 9.17) is 14.6 Å². The average molecular weight is 417 g/mol. The maximum Gasteiger partial charge on any atom is 0.290 e. The molecule has 3 saturated heterocycles. The lowest BCUT2D eigenvalue weighted by Gasteiger charge is -2.29. The Morgan fingerprint density at radius 3 is 2.73 bits per heavy atom. The van der Waals surface area contributed by atoms with Crippen molar-refractivity contribution in [3.05, 3.63) is 35.4 Å². The molecule has 3 aliphatic heterocycles. The molecule has 7 heteroatoms. The molecule has 0 unspecified atom stereocenters. The first-order valence-electron chi connectivity index (χ1n) is 10.7. The number of amides is 2. The molecule has 1 aromatic rings. The smallest absolute Gasteiger partial charge is 0.290 e. The zero-order chi connectivity index (χ0) is 21.9. The molecule has 2 bridgehead atoms. The van der Waals surface area contributed by atoms with Crippen molar-refractivity contribution in [1.29, 1.82) is 0 Å². The second kappa shape index (κ2) is 9.16. The molecule has 3 aliphatic rings. The highest BCUT2D eigenvalue weighted by molar-refractivity contribution is 5.96. The van der Waals surface area contributed by atoms with Crippen molar-refractivity contribution in [1.82, 2.24) is 10.2 Å². The van der Waals surface area contributed by atoms with Crippen molar-refractivity contribution >= 4 is 18.3 Å². The monoisotopic (exact) mass is 416 g/mol. The van der Waals surface area contributed by atoms with E-state index in [1.54, 1.807) is 0 Å². The molecule has 4 atom stereocenters. The quantitative estimate of drug-likeness (QED) is 0.719. The van der Waals surface area contributed by atoms with Crippen molar-refractivity contribution in [2.75, 3.05) is 19.6 Å². The number of hydrogen-bond donors (Lipinski definition) is 2. The van der Waals surface area contributed by atoms with Gasteiger partial charge < -0.3 is 20.1 Å². The Hall–Kier alpha value is -2.41. The molecule has 2 amide bonds. The first-order valence-corrected chi connectivity index (χ1v) is 10.7. The van der Waals surface area contributed by atoms with Crippen LogP contribution in [0.25, 0.3) is 0 Å². The Morgan fingerprint density at radius 1 is 1.37 bits per heavy atom. The van der Waals surface area contributed by atoms with E-state index >= 15 is 0 Å². The van der Waals surface area contributed by atoms with E-state index in [1.165, 1.54) is 0 Å². The molecule has 3 heterocycles. The Morgan fingerprint density at radius 2 is 2.07 bits per heavy atom. The molecular weight excluding hydrogens is 384 g/mol. The molecule has 3 fully saturated rings. The molecule has 2 N–H and O–H groups in total. The normalized spacial score (nSPS) is 28.7. The van der Waals surface area contributed by atoms with Crippen LogP contribution in [0, 0.1) is 24.7 Å². The molecule has 7 nitrogen and oxygen atoms in total. The number of likely N-dealkylation sites (tertiary alicyclic amines) is 1. The average Bonchev–Trinajstić information content (AvgIpc) is 3.35. The fraction of sp³-hybridized carbons (Fsp3) is 0.609. The maximum atomic E-state index is 13.1. The number of aryl methyl sites for hydroxylation is 1. The lowest BCUT2D eigenvalue weighted by Crippen LogP contribution is -2.42. The first-order chi connectivity index (χ1) is 14.3. The summed E-state index contributed by atoms with van der Waals surface area (Å²) in [4.78, 5) is 35.5. The topological polar surface area (TPSA) is 95.9 Å². The van der Waals surface area contributed by atoms with E-state index in [0.717, 1.165) is 30.5 Å². The number of rotatable bonds is 5. The van der Waals surface area contributed by atoms with E-state index < -0.39 is 0 Å². The van der Waals surface area contributed by atoms with E-state index in [0.29, 0.717) is 37.3 Å². The van der Waals surface area contributed by atoms with Crippen molar-refractivity contribution < 1.29 is 24.2 Å². The van der Waals surface area contributed by atoms with Crippen LogP contribution < -0.4 is 5.32 Å². The number of carbonyl (C=O) groups is 3. The minimum absolute atomic E-state index is 0.103. The van der Waals surface area contributed by atoms with Gasteiger partial charge in [0.1, 0.15) is 0 Å². The number of hydrogen-bond acceptors (Lipinski definition) is 4. The molecule has 4 rings (SSSR count). The molecule has 0 aliphatic carbocycles. The zero-order valence-electron chi connectivity index (χ0n) is 18.0. The summed E-state index contributed by atoms with van der Waals surface area (Å²) < 4.78 is 6.41. The van der Waals surface area contributed by atoms with E-state index in [-0.39, 0.29) is 30.0 Å². The third-order valence-corrected chi connectivity index (χ3v) is 6.58. The lowest BCUT2D eigenvalue weighted by atomic mass is 9.73. The molecule has 0 radical (unpaired) electrons. The second-order valence-corrected chi connectivity index (χ2v) is 9.04. The Bertz CT molecular complexity index is 796. The summed E-state index contributed by atoms with van der Waals surface area (Å²) in [7, 11) is 0. The highest BCUT2D eigenvalue weighted by Gasteiger charge is 2.63. The second-order valence-electron chi connectivity index (χ2n) is 9.04. The molecule has 0 saturated carbocycles. The Labute approximate surface area is 177 Å². The predicted molar refractivity (Wildman–Crippen MR) is 112 cm³/mol. The van der Waals surface area contributed by atoms with Crippen LogP contribution >= 0.6 is 0 Å². The Kier molecular flexibility index (Phi) is 6.81. The summed E-state index contributed by atoms with van der Waals surface area (Å²) in [6.07, 6.45) is 2.85. The summed E-state index contributed by atoms with van der Waals surface area (Å²) in [5, 5.41) is 10.0. The molecule has 0 aromatic heterocycles. The Balaban J connectivity index is 0.000000806.